The summed E-state index contributed by atoms with van der Waals surface area (Å²) in [6, 6.07) is 5.69. The highest BCUT2D eigenvalue weighted by Crippen LogP contribution is 2.19. The SMILES string of the molecule is CCCNCCNC(=O)C1CCCN(C(=O)Nc2ccccc2F)C1.Cl. The Bertz CT molecular complexity index is 588. The molecule has 8 heteroatoms. The zero-order chi connectivity index (χ0) is 18.1. The summed E-state index contributed by atoms with van der Waals surface area (Å²) < 4.78 is 13.6. The van der Waals surface area contributed by atoms with E-state index >= 15 is 0 Å². The van der Waals surface area contributed by atoms with Gasteiger partial charge in [-0.15, -0.1) is 12.4 Å². The van der Waals surface area contributed by atoms with Crippen LogP contribution in [0.3, 0.4) is 0 Å². The van der Waals surface area contributed by atoms with Gasteiger partial charge in [0, 0.05) is 26.2 Å². The molecule has 0 radical (unpaired) electrons. The number of nitrogens with one attached hydrogen (secondary N) is 3. The molecule has 0 saturated carbocycles. The number of urea groups is 1. The minimum absolute atomic E-state index is 0. The minimum Gasteiger partial charge on any atom is -0.355 e. The predicted octanol–water partition coefficient (Wildman–Crippen LogP) is 2.61. The van der Waals surface area contributed by atoms with Gasteiger partial charge in [0.2, 0.25) is 5.91 Å². The first-order chi connectivity index (χ1) is 12.1. The van der Waals surface area contributed by atoms with Gasteiger partial charge in [0.25, 0.3) is 0 Å². The number of carbonyl (C=O) groups is 2. The van der Waals surface area contributed by atoms with Crippen molar-refractivity contribution >= 4 is 30.0 Å². The van der Waals surface area contributed by atoms with Crippen molar-refractivity contribution in [2.45, 2.75) is 26.2 Å². The highest BCUT2D eigenvalue weighted by molar-refractivity contribution is 5.90. The maximum atomic E-state index is 13.6. The number of piperidine rings is 1. The first-order valence-electron chi connectivity index (χ1n) is 8.90. The Morgan fingerprint density at radius 3 is 2.73 bits per heavy atom. The van der Waals surface area contributed by atoms with Gasteiger partial charge in [-0.1, -0.05) is 19.1 Å². The first kappa shape index (κ1) is 22.2. The molecule has 1 heterocycles. The fourth-order valence-electron chi connectivity index (χ4n) is 2.85. The Kier molecular flexibility index (Phi) is 9.98. The Morgan fingerprint density at radius 2 is 2.00 bits per heavy atom. The maximum absolute atomic E-state index is 13.6. The molecule has 1 aliphatic rings. The van der Waals surface area contributed by atoms with Crippen molar-refractivity contribution in [1.82, 2.24) is 15.5 Å². The molecule has 3 amide bonds. The summed E-state index contributed by atoms with van der Waals surface area (Å²) in [7, 11) is 0. The van der Waals surface area contributed by atoms with Crippen molar-refractivity contribution in [2.24, 2.45) is 5.92 Å². The fourth-order valence-corrected chi connectivity index (χ4v) is 2.85. The normalized spacial score (nSPS) is 16.5. The van der Waals surface area contributed by atoms with Crippen LogP contribution in [0.5, 0.6) is 0 Å². The number of anilines is 1. The molecule has 0 aromatic heterocycles. The molecule has 1 atom stereocenters. The van der Waals surface area contributed by atoms with Crippen LogP contribution >= 0.6 is 12.4 Å². The molecule has 1 unspecified atom stereocenters. The molecule has 146 valence electrons. The van der Waals surface area contributed by atoms with Crippen molar-refractivity contribution in [3.05, 3.63) is 30.1 Å². The standard InChI is InChI=1S/C18H27FN4O2.ClH/c1-2-9-20-10-11-21-17(24)14-6-5-12-23(13-14)18(25)22-16-8-4-3-7-15(16)19;/h3-4,7-8,14,20H,2,5-6,9-13H2,1H3,(H,21,24)(H,22,25);1H. The third-order valence-electron chi connectivity index (χ3n) is 4.22. The number of rotatable bonds is 7. The molecule has 1 aliphatic heterocycles. The number of nitrogens with zero attached hydrogens (tertiary/aromatic N) is 1. The number of amides is 3. The molecule has 6 nitrogen and oxygen atoms in total. The summed E-state index contributed by atoms with van der Waals surface area (Å²) in [6.45, 7) is 5.27. The molecule has 1 aromatic rings. The molecule has 1 saturated heterocycles. The lowest BCUT2D eigenvalue weighted by Gasteiger charge is -2.32. The summed E-state index contributed by atoms with van der Waals surface area (Å²) >= 11 is 0. The van der Waals surface area contributed by atoms with E-state index < -0.39 is 5.82 Å². The Hall–Kier alpha value is -1.86. The molecular weight excluding hydrogens is 359 g/mol. The number of hydrogen-bond acceptors (Lipinski definition) is 3. The quantitative estimate of drug-likeness (QED) is 0.631. The number of benzene rings is 1. The van der Waals surface area contributed by atoms with Crippen LogP contribution in [-0.2, 0) is 4.79 Å². The molecule has 1 fully saturated rings. The minimum atomic E-state index is -0.471. The van der Waals surface area contributed by atoms with Gasteiger partial charge >= 0.3 is 6.03 Å². The zero-order valence-corrected chi connectivity index (χ0v) is 15.9. The largest absolute Gasteiger partial charge is 0.355 e. The van der Waals surface area contributed by atoms with Crippen LogP contribution in [0.25, 0.3) is 0 Å². The topological polar surface area (TPSA) is 73.5 Å². The summed E-state index contributed by atoms with van der Waals surface area (Å²) in [6.07, 6.45) is 2.58. The average Bonchev–Trinajstić information content (AvgIpc) is 2.63. The van der Waals surface area contributed by atoms with E-state index in [0.29, 0.717) is 19.6 Å². The lowest BCUT2D eigenvalue weighted by Crippen LogP contribution is -2.47. The fraction of sp³-hybridized carbons (Fsp3) is 0.556. The van der Waals surface area contributed by atoms with E-state index in [9.17, 15) is 14.0 Å². The van der Waals surface area contributed by atoms with E-state index in [1.165, 1.54) is 12.1 Å². The third-order valence-corrected chi connectivity index (χ3v) is 4.22. The van der Waals surface area contributed by atoms with Crippen molar-refractivity contribution in [2.75, 3.05) is 38.0 Å². The lowest BCUT2D eigenvalue weighted by atomic mass is 9.97. The monoisotopic (exact) mass is 386 g/mol. The maximum Gasteiger partial charge on any atom is 0.321 e. The van der Waals surface area contributed by atoms with Crippen LogP contribution in [0.4, 0.5) is 14.9 Å². The summed E-state index contributed by atoms with van der Waals surface area (Å²) in [5.41, 5.74) is 0.154. The van der Waals surface area contributed by atoms with E-state index in [-0.39, 0.29) is 36.0 Å². The van der Waals surface area contributed by atoms with Gasteiger partial charge in [-0.25, -0.2) is 9.18 Å². The van der Waals surface area contributed by atoms with Gasteiger partial charge in [0.15, 0.2) is 0 Å². The van der Waals surface area contributed by atoms with E-state index in [1.54, 1.807) is 17.0 Å². The van der Waals surface area contributed by atoms with Gasteiger partial charge in [-0.05, 0) is 37.9 Å². The molecule has 0 spiro atoms. The number of hydrogen-bond donors (Lipinski definition) is 3. The summed E-state index contributed by atoms with van der Waals surface area (Å²) in [4.78, 5) is 26.2. The third kappa shape index (κ3) is 6.80. The highest BCUT2D eigenvalue weighted by Gasteiger charge is 2.28. The van der Waals surface area contributed by atoms with Gasteiger partial charge in [-0.3, -0.25) is 4.79 Å². The van der Waals surface area contributed by atoms with Crippen LogP contribution in [0.1, 0.15) is 26.2 Å². The smallest absolute Gasteiger partial charge is 0.321 e. The summed E-state index contributed by atoms with van der Waals surface area (Å²) in [5.74, 6) is -0.713. The summed E-state index contributed by atoms with van der Waals surface area (Å²) in [5, 5.41) is 8.71. The lowest BCUT2D eigenvalue weighted by molar-refractivity contribution is -0.126. The Labute approximate surface area is 160 Å². The van der Waals surface area contributed by atoms with Crippen LogP contribution in [0.2, 0.25) is 0 Å². The second-order valence-electron chi connectivity index (χ2n) is 6.24. The van der Waals surface area contributed by atoms with Gasteiger partial charge in [0.05, 0.1) is 11.6 Å². The predicted molar refractivity (Wildman–Crippen MR) is 103 cm³/mol. The second kappa shape index (κ2) is 11.7. The molecule has 0 bridgehead atoms. The Balaban J connectivity index is 0.00000338. The van der Waals surface area contributed by atoms with Gasteiger partial charge < -0.3 is 20.9 Å². The van der Waals surface area contributed by atoms with E-state index in [1.807, 2.05) is 0 Å². The van der Waals surface area contributed by atoms with E-state index in [4.69, 9.17) is 0 Å². The molecule has 2 rings (SSSR count). The van der Waals surface area contributed by atoms with Crippen molar-refractivity contribution in [1.29, 1.82) is 0 Å². The zero-order valence-electron chi connectivity index (χ0n) is 15.1. The van der Waals surface area contributed by atoms with Crippen LogP contribution in [0, 0.1) is 11.7 Å². The molecular formula is C18H28ClFN4O2. The van der Waals surface area contributed by atoms with Crippen LogP contribution < -0.4 is 16.0 Å². The second-order valence-corrected chi connectivity index (χ2v) is 6.24. The van der Waals surface area contributed by atoms with Crippen molar-refractivity contribution < 1.29 is 14.0 Å². The molecule has 1 aromatic carbocycles. The van der Waals surface area contributed by atoms with Crippen LogP contribution in [-0.4, -0.2) is 49.6 Å². The molecule has 0 aliphatic carbocycles. The number of carbonyl (C=O) groups excluding carboxylic acids is 2. The molecule has 26 heavy (non-hydrogen) atoms. The van der Waals surface area contributed by atoms with E-state index in [2.05, 4.69) is 22.9 Å². The van der Waals surface area contributed by atoms with Gasteiger partial charge in [-0.2, -0.15) is 0 Å². The Morgan fingerprint density at radius 1 is 1.23 bits per heavy atom. The van der Waals surface area contributed by atoms with Crippen molar-refractivity contribution in [3.63, 3.8) is 0 Å². The first-order valence-corrected chi connectivity index (χ1v) is 8.90. The van der Waals surface area contributed by atoms with Crippen molar-refractivity contribution in [3.8, 4) is 0 Å². The van der Waals surface area contributed by atoms with E-state index in [0.717, 1.165) is 32.4 Å². The van der Waals surface area contributed by atoms with Crippen LogP contribution in [0.15, 0.2) is 24.3 Å². The number of halogens is 2. The number of likely N-dealkylation sites (tertiary alicyclic amines) is 1. The van der Waals surface area contributed by atoms with Gasteiger partial charge in [0.1, 0.15) is 5.82 Å². The average molecular weight is 387 g/mol. The number of para-hydroxylation sites is 1. The highest BCUT2D eigenvalue weighted by atomic mass is 35.5. The molecule has 3 N–H and O–H groups in total.